The highest BCUT2D eigenvalue weighted by molar-refractivity contribution is 5.83. The monoisotopic (exact) mass is 692 g/mol. The third-order valence-corrected chi connectivity index (χ3v) is 11.6. The zero-order valence-electron chi connectivity index (χ0n) is 31.5. The maximum atomic E-state index is 14.0. The molecule has 0 aromatic carbocycles. The molecule has 9 heteroatoms. The number of aliphatic hydroxyl groups is 4. The van der Waals surface area contributed by atoms with E-state index in [0.29, 0.717) is 38.0 Å². The topological polar surface area (TPSA) is 143 Å². The van der Waals surface area contributed by atoms with Crippen LogP contribution in [0.5, 0.6) is 0 Å². The molecule has 2 saturated heterocycles. The van der Waals surface area contributed by atoms with E-state index in [2.05, 4.69) is 26.8 Å². The predicted molar refractivity (Wildman–Crippen MR) is 190 cm³/mol. The van der Waals surface area contributed by atoms with E-state index in [4.69, 9.17) is 14.2 Å². The summed E-state index contributed by atoms with van der Waals surface area (Å²) in [6.45, 7) is 15.8. The van der Waals surface area contributed by atoms with Crippen LogP contribution in [-0.4, -0.2) is 80.7 Å². The van der Waals surface area contributed by atoms with Gasteiger partial charge < -0.3 is 34.6 Å². The Hall–Kier alpha value is -1.62. The summed E-state index contributed by atoms with van der Waals surface area (Å²) in [6.07, 6.45) is 8.93. The van der Waals surface area contributed by atoms with E-state index in [1.54, 1.807) is 19.9 Å². The molecule has 0 amide bonds. The normalized spacial score (nSPS) is 41.6. The van der Waals surface area contributed by atoms with Gasteiger partial charge in [0.2, 0.25) is 0 Å². The van der Waals surface area contributed by atoms with Crippen molar-refractivity contribution in [2.24, 2.45) is 41.4 Å². The fraction of sp³-hybridized carbons (Fsp3) is 0.850. The van der Waals surface area contributed by atoms with Crippen molar-refractivity contribution >= 4 is 11.8 Å². The van der Waals surface area contributed by atoms with Crippen molar-refractivity contribution in [3.05, 3.63) is 24.3 Å². The Kier molecular flexibility index (Phi) is 16.4. The quantitative estimate of drug-likeness (QED) is 0.193. The maximum absolute atomic E-state index is 14.0. The molecule has 14 unspecified atom stereocenters. The minimum Gasteiger partial charge on any atom is -0.459 e. The zero-order valence-corrected chi connectivity index (χ0v) is 31.5. The van der Waals surface area contributed by atoms with Crippen LogP contribution in [0.1, 0.15) is 126 Å². The number of hydrogen-bond donors (Lipinski definition) is 4. The lowest BCUT2D eigenvalue weighted by Gasteiger charge is -2.51. The fourth-order valence-corrected chi connectivity index (χ4v) is 7.70. The number of ketones is 1. The first-order valence-corrected chi connectivity index (χ1v) is 19.2. The SMILES string of the molecule is CCC(O)CC1OC2(CCC1C)CC1OC(=O)C=CC(C)C(O)C(C)C(O)CC(O)C(C)CCCC=CC(CC(C)C)C(=O)CC(O2)C1C. The van der Waals surface area contributed by atoms with Gasteiger partial charge >= 0.3 is 5.97 Å². The summed E-state index contributed by atoms with van der Waals surface area (Å²) in [4.78, 5) is 27.3. The molecule has 3 aliphatic heterocycles. The van der Waals surface area contributed by atoms with Crippen LogP contribution < -0.4 is 0 Å². The molecular weight excluding hydrogens is 624 g/mol. The highest BCUT2D eigenvalue weighted by Gasteiger charge is 2.52. The van der Waals surface area contributed by atoms with Gasteiger partial charge in [0.25, 0.3) is 0 Å². The van der Waals surface area contributed by atoms with Crippen LogP contribution in [0, 0.1) is 41.4 Å². The molecule has 0 radical (unpaired) electrons. The molecule has 2 fully saturated rings. The van der Waals surface area contributed by atoms with E-state index in [1.165, 1.54) is 6.08 Å². The molecule has 4 N–H and O–H groups in total. The summed E-state index contributed by atoms with van der Waals surface area (Å²) >= 11 is 0. The third kappa shape index (κ3) is 12.2. The maximum Gasteiger partial charge on any atom is 0.330 e. The molecule has 3 aliphatic rings. The molecule has 0 aliphatic carbocycles. The van der Waals surface area contributed by atoms with Gasteiger partial charge in [-0.15, -0.1) is 0 Å². The molecule has 1 spiro atoms. The summed E-state index contributed by atoms with van der Waals surface area (Å²) in [7, 11) is 0. The van der Waals surface area contributed by atoms with Gasteiger partial charge in [0.1, 0.15) is 11.9 Å². The smallest absolute Gasteiger partial charge is 0.330 e. The first-order chi connectivity index (χ1) is 23.1. The zero-order chi connectivity index (χ0) is 36.5. The number of esters is 1. The molecule has 282 valence electrons. The third-order valence-electron chi connectivity index (χ3n) is 11.6. The van der Waals surface area contributed by atoms with Gasteiger partial charge in [-0.25, -0.2) is 4.79 Å². The van der Waals surface area contributed by atoms with Gasteiger partial charge in [-0.1, -0.05) is 73.6 Å². The van der Waals surface area contributed by atoms with Crippen LogP contribution in [0.15, 0.2) is 24.3 Å². The first kappa shape index (κ1) is 41.8. The summed E-state index contributed by atoms with van der Waals surface area (Å²) in [6, 6.07) is 0. The lowest BCUT2D eigenvalue weighted by molar-refractivity contribution is -0.346. The molecule has 0 saturated carbocycles. The minimum absolute atomic E-state index is 0.0366. The standard InChI is InChI=1S/C40H68O9/c1-9-31(41)20-35-26(5)17-18-40(48-35)23-37-29(8)36(49-40)22-34(44)30(19-24(2)3)14-12-10-11-13-25(4)32(42)21-33(43)28(7)39(46)27(6)15-16-38(45)47-37/h12,14-16,24-33,35-37,39,41-43,46H,9-11,13,17-23H2,1-8H3. The Bertz CT molecular complexity index is 1090. The van der Waals surface area contributed by atoms with E-state index in [9.17, 15) is 30.0 Å². The summed E-state index contributed by atoms with van der Waals surface area (Å²) in [5.74, 6) is -2.53. The molecule has 9 nitrogen and oxygen atoms in total. The Labute approximate surface area is 295 Å². The first-order valence-electron chi connectivity index (χ1n) is 19.2. The molecular formula is C40H68O9. The van der Waals surface area contributed by atoms with Crippen LogP contribution in [-0.2, 0) is 23.8 Å². The van der Waals surface area contributed by atoms with Crippen LogP contribution >= 0.6 is 0 Å². The highest BCUT2D eigenvalue weighted by atomic mass is 16.7. The van der Waals surface area contributed by atoms with E-state index < -0.39 is 60.2 Å². The lowest BCUT2D eigenvalue weighted by atomic mass is 9.79. The lowest BCUT2D eigenvalue weighted by Crippen LogP contribution is -2.57. The van der Waals surface area contributed by atoms with Crippen molar-refractivity contribution in [1.82, 2.24) is 0 Å². The Morgan fingerprint density at radius 3 is 2.29 bits per heavy atom. The van der Waals surface area contributed by atoms with Crippen molar-refractivity contribution < 1.29 is 44.2 Å². The predicted octanol–water partition coefficient (Wildman–Crippen LogP) is 6.29. The summed E-state index contributed by atoms with van der Waals surface area (Å²) in [5, 5.41) is 43.2. The van der Waals surface area contributed by atoms with Gasteiger partial charge in [0.05, 0.1) is 36.6 Å². The van der Waals surface area contributed by atoms with E-state index in [1.807, 2.05) is 26.8 Å². The summed E-state index contributed by atoms with van der Waals surface area (Å²) in [5.41, 5.74) is 0. The van der Waals surface area contributed by atoms with Crippen LogP contribution in [0.25, 0.3) is 0 Å². The van der Waals surface area contributed by atoms with Crippen molar-refractivity contribution in [1.29, 1.82) is 0 Å². The molecule has 3 heterocycles. The number of fused-ring (bicyclic) bond motifs is 2. The number of allylic oxidation sites excluding steroid dienone is 2. The number of hydrogen-bond acceptors (Lipinski definition) is 9. The molecule has 2 bridgehead atoms. The van der Waals surface area contributed by atoms with E-state index in [-0.39, 0.29) is 48.4 Å². The number of carbonyl (C=O) groups excluding carboxylic acids is 2. The second-order valence-corrected chi connectivity index (χ2v) is 16.3. The molecule has 14 atom stereocenters. The average molecular weight is 693 g/mol. The largest absolute Gasteiger partial charge is 0.459 e. The number of rotatable bonds is 5. The Morgan fingerprint density at radius 2 is 1.61 bits per heavy atom. The summed E-state index contributed by atoms with van der Waals surface area (Å²) < 4.78 is 19.6. The van der Waals surface area contributed by atoms with Gasteiger partial charge in [0.15, 0.2) is 5.79 Å². The van der Waals surface area contributed by atoms with Gasteiger partial charge in [-0.2, -0.15) is 0 Å². The van der Waals surface area contributed by atoms with Crippen LogP contribution in [0.3, 0.4) is 0 Å². The highest BCUT2D eigenvalue weighted by Crippen LogP contribution is 2.45. The molecule has 0 aromatic rings. The average Bonchev–Trinajstić information content (AvgIpc) is 3.05. The second kappa shape index (κ2) is 19.3. The van der Waals surface area contributed by atoms with Crippen molar-refractivity contribution in [2.45, 2.75) is 175 Å². The number of Topliss-reactive ketones (excluding diaryl/α,β-unsaturated/α-hetero) is 1. The molecule has 3 rings (SSSR count). The fourth-order valence-electron chi connectivity index (χ4n) is 7.70. The van der Waals surface area contributed by atoms with Gasteiger partial charge in [-0.05, 0) is 69.1 Å². The molecule has 0 aromatic heterocycles. The van der Waals surface area contributed by atoms with Crippen molar-refractivity contribution in [3.63, 3.8) is 0 Å². The number of aliphatic hydroxyl groups excluding tert-OH is 4. The van der Waals surface area contributed by atoms with E-state index >= 15 is 0 Å². The van der Waals surface area contributed by atoms with E-state index in [0.717, 1.165) is 25.7 Å². The van der Waals surface area contributed by atoms with Gasteiger partial charge in [0, 0.05) is 49.0 Å². The Balaban J connectivity index is 1.94. The van der Waals surface area contributed by atoms with Crippen LogP contribution in [0.4, 0.5) is 0 Å². The number of carbonyl (C=O) groups is 2. The Morgan fingerprint density at radius 1 is 0.898 bits per heavy atom. The van der Waals surface area contributed by atoms with Crippen molar-refractivity contribution in [2.75, 3.05) is 0 Å². The molecule has 49 heavy (non-hydrogen) atoms. The van der Waals surface area contributed by atoms with Gasteiger partial charge in [-0.3, -0.25) is 4.79 Å². The second-order valence-electron chi connectivity index (χ2n) is 16.3. The van der Waals surface area contributed by atoms with Crippen molar-refractivity contribution in [3.8, 4) is 0 Å². The number of ether oxygens (including phenoxy) is 3. The minimum atomic E-state index is -1.04. The van der Waals surface area contributed by atoms with Crippen LogP contribution in [0.2, 0.25) is 0 Å².